The lowest BCUT2D eigenvalue weighted by atomic mass is 10.1. The van der Waals surface area contributed by atoms with Crippen molar-refractivity contribution in [1.82, 2.24) is 10.3 Å². The third-order valence-electron chi connectivity index (χ3n) is 3.10. The van der Waals surface area contributed by atoms with Gasteiger partial charge in [0.15, 0.2) is 0 Å². The van der Waals surface area contributed by atoms with E-state index >= 15 is 0 Å². The van der Waals surface area contributed by atoms with Crippen LogP contribution in [0.3, 0.4) is 0 Å². The molecule has 0 radical (unpaired) electrons. The van der Waals surface area contributed by atoms with E-state index in [2.05, 4.69) is 10.3 Å². The van der Waals surface area contributed by atoms with Gasteiger partial charge in [-0.25, -0.2) is 9.37 Å². The normalized spacial score (nSPS) is 19.7. The van der Waals surface area contributed by atoms with Crippen LogP contribution >= 0.6 is 0 Å². The van der Waals surface area contributed by atoms with Crippen molar-refractivity contribution in [3.63, 3.8) is 0 Å². The lowest BCUT2D eigenvalue weighted by Crippen LogP contribution is -2.08. The molecule has 1 aliphatic rings. The van der Waals surface area contributed by atoms with Gasteiger partial charge in [0.2, 0.25) is 5.89 Å². The Bertz CT molecular complexity index is 518. The fourth-order valence-corrected chi connectivity index (χ4v) is 2.14. The number of benzene rings is 1. The van der Waals surface area contributed by atoms with E-state index in [1.54, 1.807) is 24.5 Å². The molecule has 1 aromatic carbocycles. The van der Waals surface area contributed by atoms with Gasteiger partial charge in [-0.2, -0.15) is 0 Å². The second kappa shape index (κ2) is 4.30. The van der Waals surface area contributed by atoms with E-state index in [1.165, 1.54) is 6.07 Å². The second-order valence-corrected chi connectivity index (χ2v) is 4.25. The number of aromatic nitrogens is 1. The molecule has 4 heteroatoms. The summed E-state index contributed by atoms with van der Waals surface area (Å²) in [6, 6.07) is 6.52. The highest BCUT2D eigenvalue weighted by Gasteiger charge is 2.21. The molecular weight excluding hydrogens is 219 g/mol. The Labute approximate surface area is 98.7 Å². The van der Waals surface area contributed by atoms with E-state index in [0.717, 1.165) is 25.2 Å². The van der Waals surface area contributed by atoms with E-state index < -0.39 is 0 Å². The molecule has 1 aromatic heterocycles. The van der Waals surface area contributed by atoms with Gasteiger partial charge >= 0.3 is 0 Å². The number of nitrogens with one attached hydrogen (secondary N) is 1. The summed E-state index contributed by atoms with van der Waals surface area (Å²) in [7, 11) is 0. The summed E-state index contributed by atoms with van der Waals surface area (Å²) in [5.74, 6) is 0.453. The van der Waals surface area contributed by atoms with Gasteiger partial charge in [0, 0.05) is 12.5 Å². The smallest absolute Gasteiger partial charge is 0.229 e. The van der Waals surface area contributed by atoms with Crippen LogP contribution in [0.5, 0.6) is 0 Å². The van der Waals surface area contributed by atoms with Gasteiger partial charge in [0.1, 0.15) is 12.1 Å². The van der Waals surface area contributed by atoms with Gasteiger partial charge in [-0.15, -0.1) is 0 Å². The van der Waals surface area contributed by atoms with Gasteiger partial charge in [-0.1, -0.05) is 12.1 Å². The lowest BCUT2D eigenvalue weighted by Gasteiger charge is -2.01. The van der Waals surface area contributed by atoms with E-state index in [1.807, 2.05) is 0 Å². The highest BCUT2D eigenvalue weighted by molar-refractivity contribution is 5.54. The molecule has 0 saturated carbocycles. The molecule has 1 aliphatic heterocycles. The van der Waals surface area contributed by atoms with E-state index in [4.69, 9.17) is 4.42 Å². The number of oxazole rings is 1. The SMILES string of the molecule is Fc1ccccc1-c1nc(C2CCNC2)co1. The van der Waals surface area contributed by atoms with Crippen LogP contribution in [0, 0.1) is 5.82 Å². The molecule has 1 N–H and O–H groups in total. The summed E-state index contributed by atoms with van der Waals surface area (Å²) in [5, 5.41) is 3.28. The summed E-state index contributed by atoms with van der Waals surface area (Å²) in [6.45, 7) is 1.93. The Morgan fingerprint density at radius 1 is 1.35 bits per heavy atom. The van der Waals surface area contributed by atoms with Gasteiger partial charge in [0.05, 0.1) is 11.3 Å². The zero-order valence-electron chi connectivity index (χ0n) is 9.32. The fourth-order valence-electron chi connectivity index (χ4n) is 2.14. The Morgan fingerprint density at radius 2 is 2.24 bits per heavy atom. The third-order valence-corrected chi connectivity index (χ3v) is 3.10. The molecule has 0 amide bonds. The maximum atomic E-state index is 13.5. The van der Waals surface area contributed by atoms with Gasteiger partial charge < -0.3 is 9.73 Å². The van der Waals surface area contributed by atoms with Crippen LogP contribution in [0.2, 0.25) is 0 Å². The molecule has 2 heterocycles. The standard InChI is InChI=1S/C13H13FN2O/c14-11-4-2-1-3-10(11)13-16-12(8-17-13)9-5-6-15-7-9/h1-4,8-9,15H,5-7H2. The van der Waals surface area contributed by atoms with Crippen molar-refractivity contribution in [3.05, 3.63) is 42.0 Å². The fraction of sp³-hybridized carbons (Fsp3) is 0.308. The Hall–Kier alpha value is -1.68. The van der Waals surface area contributed by atoms with Gasteiger partial charge in [-0.05, 0) is 25.1 Å². The van der Waals surface area contributed by atoms with Crippen LogP contribution in [0.15, 0.2) is 34.9 Å². The number of halogens is 1. The summed E-state index contributed by atoms with van der Waals surface area (Å²) in [4.78, 5) is 4.38. The predicted octanol–water partition coefficient (Wildman–Crippen LogP) is 2.56. The minimum Gasteiger partial charge on any atom is -0.444 e. The van der Waals surface area contributed by atoms with Crippen molar-refractivity contribution < 1.29 is 8.81 Å². The first-order chi connectivity index (χ1) is 8.34. The number of nitrogens with zero attached hydrogens (tertiary/aromatic N) is 1. The molecule has 88 valence electrons. The third kappa shape index (κ3) is 1.96. The summed E-state index contributed by atoms with van der Waals surface area (Å²) < 4.78 is 18.9. The highest BCUT2D eigenvalue weighted by Crippen LogP contribution is 2.26. The van der Waals surface area contributed by atoms with Crippen LogP contribution in [0.4, 0.5) is 4.39 Å². The maximum absolute atomic E-state index is 13.5. The van der Waals surface area contributed by atoms with Crippen molar-refractivity contribution in [3.8, 4) is 11.5 Å². The van der Waals surface area contributed by atoms with Crippen molar-refractivity contribution in [2.45, 2.75) is 12.3 Å². The van der Waals surface area contributed by atoms with Crippen LogP contribution in [-0.2, 0) is 0 Å². The quantitative estimate of drug-likeness (QED) is 0.864. The first kappa shape index (κ1) is 10.5. The number of hydrogen-bond acceptors (Lipinski definition) is 3. The maximum Gasteiger partial charge on any atom is 0.229 e. The van der Waals surface area contributed by atoms with Gasteiger partial charge in [-0.3, -0.25) is 0 Å². The first-order valence-corrected chi connectivity index (χ1v) is 5.75. The van der Waals surface area contributed by atoms with E-state index in [0.29, 0.717) is 17.4 Å². The molecule has 17 heavy (non-hydrogen) atoms. The van der Waals surface area contributed by atoms with Crippen LogP contribution in [0.1, 0.15) is 18.0 Å². The molecular formula is C13H13FN2O. The average molecular weight is 232 g/mol. The van der Waals surface area contributed by atoms with Gasteiger partial charge in [0.25, 0.3) is 0 Å². The van der Waals surface area contributed by atoms with E-state index in [-0.39, 0.29) is 5.82 Å². The van der Waals surface area contributed by atoms with Crippen LogP contribution in [-0.4, -0.2) is 18.1 Å². The average Bonchev–Trinajstić information content (AvgIpc) is 3.00. The monoisotopic (exact) mass is 232 g/mol. The zero-order valence-corrected chi connectivity index (χ0v) is 9.32. The zero-order chi connectivity index (χ0) is 11.7. The van der Waals surface area contributed by atoms with E-state index in [9.17, 15) is 4.39 Å². The molecule has 2 aromatic rings. The lowest BCUT2D eigenvalue weighted by molar-refractivity contribution is 0.559. The Balaban J connectivity index is 1.92. The van der Waals surface area contributed by atoms with Crippen molar-refractivity contribution in [2.24, 2.45) is 0 Å². The molecule has 1 fully saturated rings. The number of rotatable bonds is 2. The molecule has 1 unspecified atom stereocenters. The molecule has 0 bridgehead atoms. The second-order valence-electron chi connectivity index (χ2n) is 4.25. The predicted molar refractivity (Wildman–Crippen MR) is 62.1 cm³/mol. The summed E-state index contributed by atoms with van der Waals surface area (Å²) in [5.41, 5.74) is 1.33. The molecule has 0 aliphatic carbocycles. The van der Waals surface area contributed by atoms with Crippen molar-refractivity contribution >= 4 is 0 Å². The molecule has 3 rings (SSSR count). The largest absolute Gasteiger partial charge is 0.444 e. The topological polar surface area (TPSA) is 38.1 Å². The number of hydrogen-bond donors (Lipinski definition) is 1. The molecule has 3 nitrogen and oxygen atoms in total. The van der Waals surface area contributed by atoms with Crippen molar-refractivity contribution in [1.29, 1.82) is 0 Å². The molecule has 0 spiro atoms. The molecule has 1 atom stereocenters. The first-order valence-electron chi connectivity index (χ1n) is 5.75. The molecule has 1 saturated heterocycles. The summed E-state index contributed by atoms with van der Waals surface area (Å²) >= 11 is 0. The minimum absolute atomic E-state index is 0.301. The van der Waals surface area contributed by atoms with Crippen molar-refractivity contribution in [2.75, 3.05) is 13.1 Å². The Morgan fingerprint density at radius 3 is 3.00 bits per heavy atom. The highest BCUT2D eigenvalue weighted by atomic mass is 19.1. The Kier molecular flexibility index (Phi) is 2.65. The van der Waals surface area contributed by atoms with Crippen LogP contribution < -0.4 is 5.32 Å². The minimum atomic E-state index is -0.301. The summed E-state index contributed by atoms with van der Waals surface area (Å²) in [6.07, 6.45) is 2.70. The van der Waals surface area contributed by atoms with Crippen LogP contribution in [0.25, 0.3) is 11.5 Å².